The van der Waals surface area contributed by atoms with E-state index in [1.165, 1.54) is 6.92 Å². The molecule has 14 nitrogen and oxygen atoms in total. The number of fused-ring (bicyclic) bond motifs is 1. The van der Waals surface area contributed by atoms with E-state index in [9.17, 15) is 34.2 Å². The van der Waals surface area contributed by atoms with E-state index in [1.54, 1.807) is 6.20 Å². The number of carboxylic acid groups (broad SMARTS) is 1. The third-order valence-corrected chi connectivity index (χ3v) is 6.11. The lowest BCUT2D eigenvalue weighted by Gasteiger charge is -2.26. The van der Waals surface area contributed by atoms with Gasteiger partial charge in [-0.15, -0.1) is 0 Å². The number of H-pyrrole nitrogens is 1. The maximum Gasteiger partial charge on any atom is 0.326 e. The van der Waals surface area contributed by atoms with Gasteiger partial charge in [-0.1, -0.05) is 18.2 Å². The Morgan fingerprint density at radius 1 is 0.974 bits per heavy atom. The highest BCUT2D eigenvalue weighted by Gasteiger charge is 2.32. The molecule has 12 N–H and O–H groups in total. The Kier molecular flexibility index (Phi) is 11.8. The minimum absolute atomic E-state index is 0.0816. The van der Waals surface area contributed by atoms with Crippen LogP contribution in [0.4, 0.5) is 0 Å². The van der Waals surface area contributed by atoms with Gasteiger partial charge in [0.2, 0.25) is 23.6 Å². The topological polar surface area (TPSA) is 256 Å². The van der Waals surface area contributed by atoms with Crippen molar-refractivity contribution in [1.82, 2.24) is 20.9 Å². The van der Waals surface area contributed by atoms with E-state index in [4.69, 9.17) is 17.2 Å². The lowest BCUT2D eigenvalue weighted by molar-refractivity contribution is -0.144. The molecule has 1 heterocycles. The minimum atomic E-state index is -1.60. The summed E-state index contributed by atoms with van der Waals surface area (Å²) in [6.45, 7) is 1.61. The van der Waals surface area contributed by atoms with Crippen LogP contribution < -0.4 is 33.2 Å². The Morgan fingerprint density at radius 3 is 2.26 bits per heavy atom. The van der Waals surface area contributed by atoms with Crippen LogP contribution in [-0.4, -0.2) is 81.6 Å². The van der Waals surface area contributed by atoms with E-state index in [0.717, 1.165) is 16.5 Å². The average Bonchev–Trinajstić information content (AvgIpc) is 3.28. The van der Waals surface area contributed by atoms with Gasteiger partial charge >= 0.3 is 5.97 Å². The molecule has 14 heteroatoms. The lowest BCUT2D eigenvalue weighted by atomic mass is 10.0. The zero-order valence-corrected chi connectivity index (χ0v) is 21.7. The third-order valence-electron chi connectivity index (χ3n) is 6.11. The van der Waals surface area contributed by atoms with Crippen LogP contribution in [0.15, 0.2) is 30.5 Å². The summed E-state index contributed by atoms with van der Waals surface area (Å²) in [7, 11) is 0. The lowest BCUT2D eigenvalue weighted by Crippen LogP contribution is -2.60. The predicted octanol–water partition coefficient (Wildman–Crippen LogP) is -2.04. The van der Waals surface area contributed by atoms with E-state index in [-0.39, 0.29) is 12.8 Å². The maximum atomic E-state index is 13.1. The van der Waals surface area contributed by atoms with Gasteiger partial charge in [0, 0.05) is 17.1 Å². The SMILES string of the molecule is CC(O)C(NC(=O)C(N)Cc1c[nH]c2ccccc12)C(=O)NC(CCCCN)C(=O)NC(CC(N)=O)C(=O)O. The first-order chi connectivity index (χ1) is 18.4. The fraction of sp³-hybridized carbons (Fsp3) is 0.480. The molecule has 0 radical (unpaired) electrons. The van der Waals surface area contributed by atoms with Crippen LogP contribution in [0.5, 0.6) is 0 Å². The summed E-state index contributed by atoms with van der Waals surface area (Å²) < 4.78 is 0. The first kappa shape index (κ1) is 31.2. The first-order valence-electron chi connectivity index (χ1n) is 12.6. The Bertz CT molecular complexity index is 1170. The van der Waals surface area contributed by atoms with Crippen molar-refractivity contribution in [2.75, 3.05) is 6.54 Å². The number of unbranched alkanes of at least 4 members (excludes halogenated alkanes) is 1. The van der Waals surface area contributed by atoms with Crippen LogP contribution in [-0.2, 0) is 30.4 Å². The second-order valence-corrected chi connectivity index (χ2v) is 9.31. The second-order valence-electron chi connectivity index (χ2n) is 9.31. The number of hydrogen-bond acceptors (Lipinski definition) is 8. The number of nitrogens with two attached hydrogens (primary N) is 3. The van der Waals surface area contributed by atoms with Gasteiger partial charge in [0.1, 0.15) is 18.1 Å². The molecule has 5 atom stereocenters. The number of nitrogens with one attached hydrogen (secondary N) is 4. The monoisotopic (exact) mass is 547 g/mol. The number of para-hydroxylation sites is 1. The highest BCUT2D eigenvalue weighted by Crippen LogP contribution is 2.18. The van der Waals surface area contributed by atoms with Crippen LogP contribution in [0.3, 0.4) is 0 Å². The number of benzene rings is 1. The van der Waals surface area contributed by atoms with Crippen molar-refractivity contribution >= 4 is 40.5 Å². The highest BCUT2D eigenvalue weighted by atomic mass is 16.4. The number of aliphatic hydroxyl groups excluding tert-OH is 1. The molecule has 0 bridgehead atoms. The van der Waals surface area contributed by atoms with E-state index >= 15 is 0 Å². The Labute approximate surface area is 225 Å². The van der Waals surface area contributed by atoms with Crippen molar-refractivity contribution in [3.8, 4) is 0 Å². The number of aromatic nitrogens is 1. The van der Waals surface area contributed by atoms with Crippen LogP contribution in [0.25, 0.3) is 10.9 Å². The number of carbonyl (C=O) groups is 5. The normalized spacial score (nSPS) is 15.0. The molecule has 0 fully saturated rings. The Balaban J connectivity index is 2.11. The number of primary amides is 1. The maximum absolute atomic E-state index is 13.1. The summed E-state index contributed by atoms with van der Waals surface area (Å²) >= 11 is 0. The number of carbonyl (C=O) groups excluding carboxylic acids is 4. The van der Waals surface area contributed by atoms with Gasteiger partial charge in [-0.3, -0.25) is 19.2 Å². The van der Waals surface area contributed by atoms with Crippen molar-refractivity contribution in [2.24, 2.45) is 17.2 Å². The summed E-state index contributed by atoms with van der Waals surface area (Å²) in [5.41, 5.74) is 18.3. The minimum Gasteiger partial charge on any atom is -0.480 e. The van der Waals surface area contributed by atoms with E-state index in [1.807, 2.05) is 24.3 Å². The molecule has 0 aliphatic heterocycles. The largest absolute Gasteiger partial charge is 0.480 e. The van der Waals surface area contributed by atoms with Crippen LogP contribution in [0.2, 0.25) is 0 Å². The fourth-order valence-electron chi connectivity index (χ4n) is 3.99. The molecule has 2 rings (SSSR count). The quantitative estimate of drug-likeness (QED) is 0.105. The zero-order chi connectivity index (χ0) is 29.1. The van der Waals surface area contributed by atoms with Gasteiger partial charge in [-0.2, -0.15) is 0 Å². The number of aliphatic carboxylic acids is 1. The van der Waals surface area contributed by atoms with Gasteiger partial charge in [0.05, 0.1) is 18.6 Å². The Hall–Kier alpha value is -4.01. The standard InChI is InChI=1S/C25H37N7O7/c1-13(33)21(32-22(35)16(27)10-14-12-29-17-7-3-2-6-15(14)17)24(37)30-18(8-4-5-9-26)23(36)31-19(25(38)39)11-20(28)34/h2-3,6-7,12-13,16,18-19,21,29,33H,4-5,8-11,26-27H2,1H3,(H2,28,34)(H,30,37)(H,31,36)(H,32,35)(H,38,39). The van der Waals surface area contributed by atoms with Crippen molar-refractivity contribution in [1.29, 1.82) is 0 Å². The van der Waals surface area contributed by atoms with Gasteiger partial charge in [-0.05, 0) is 50.8 Å². The molecular formula is C25H37N7O7. The molecule has 4 amide bonds. The van der Waals surface area contributed by atoms with Gasteiger partial charge < -0.3 is 48.3 Å². The molecule has 214 valence electrons. The Morgan fingerprint density at radius 2 is 1.64 bits per heavy atom. The van der Waals surface area contributed by atoms with Crippen molar-refractivity contribution in [3.63, 3.8) is 0 Å². The van der Waals surface area contributed by atoms with Crippen molar-refractivity contribution < 1.29 is 34.2 Å². The molecule has 0 aliphatic rings. The molecule has 39 heavy (non-hydrogen) atoms. The van der Waals surface area contributed by atoms with Gasteiger partial charge in [-0.25, -0.2) is 4.79 Å². The summed E-state index contributed by atoms with van der Waals surface area (Å²) in [4.78, 5) is 64.4. The van der Waals surface area contributed by atoms with E-state index < -0.39 is 66.3 Å². The van der Waals surface area contributed by atoms with Crippen LogP contribution in [0.1, 0.15) is 38.2 Å². The summed E-state index contributed by atoms with van der Waals surface area (Å²) in [5, 5.41) is 27.5. The number of hydrogen-bond donors (Lipinski definition) is 9. The molecule has 0 spiro atoms. The predicted molar refractivity (Wildman–Crippen MR) is 142 cm³/mol. The number of amides is 4. The van der Waals surface area contributed by atoms with Gasteiger partial charge in [0.25, 0.3) is 0 Å². The number of aromatic amines is 1. The van der Waals surface area contributed by atoms with Crippen molar-refractivity contribution in [2.45, 2.75) is 69.3 Å². The van der Waals surface area contributed by atoms with Gasteiger partial charge in [0.15, 0.2) is 0 Å². The smallest absolute Gasteiger partial charge is 0.326 e. The van der Waals surface area contributed by atoms with Crippen LogP contribution in [0, 0.1) is 0 Å². The third kappa shape index (κ3) is 9.35. The van der Waals surface area contributed by atoms with Crippen LogP contribution >= 0.6 is 0 Å². The number of aliphatic hydroxyl groups is 1. The average molecular weight is 548 g/mol. The molecule has 2 aromatic rings. The van der Waals surface area contributed by atoms with Crippen molar-refractivity contribution in [3.05, 3.63) is 36.0 Å². The van der Waals surface area contributed by atoms with E-state index in [0.29, 0.717) is 19.4 Å². The number of rotatable bonds is 16. The molecule has 0 aliphatic carbocycles. The molecular weight excluding hydrogens is 510 g/mol. The molecule has 5 unspecified atom stereocenters. The summed E-state index contributed by atoms with van der Waals surface area (Å²) in [5.74, 6) is -4.87. The fourth-order valence-corrected chi connectivity index (χ4v) is 3.99. The molecule has 1 aromatic heterocycles. The summed E-state index contributed by atoms with van der Waals surface area (Å²) in [6.07, 6.45) is 0.896. The summed E-state index contributed by atoms with van der Waals surface area (Å²) in [6, 6.07) is 2.13. The second kappa shape index (κ2) is 14.8. The molecule has 1 aromatic carbocycles. The van der Waals surface area contributed by atoms with E-state index in [2.05, 4.69) is 20.9 Å². The first-order valence-corrected chi connectivity index (χ1v) is 12.6. The zero-order valence-electron chi connectivity index (χ0n) is 21.7. The molecule has 0 saturated carbocycles. The number of carboxylic acids is 1. The highest BCUT2D eigenvalue weighted by molar-refractivity contribution is 5.95. The molecule has 0 saturated heterocycles.